The Morgan fingerprint density at radius 2 is 1.96 bits per heavy atom. The average molecular weight is 350 g/mol. The maximum Gasteiger partial charge on any atom is 0.410 e. The predicted molar refractivity (Wildman–Crippen MR) is 91.6 cm³/mol. The normalized spacial score (nSPS) is 29.4. The van der Waals surface area contributed by atoms with Crippen molar-refractivity contribution in [1.82, 2.24) is 9.88 Å². The number of fused-ring (bicyclic) bond motifs is 2. The van der Waals surface area contributed by atoms with Crippen molar-refractivity contribution in [2.45, 2.75) is 83.1 Å². The summed E-state index contributed by atoms with van der Waals surface area (Å²) in [6, 6.07) is 1.23. The van der Waals surface area contributed by atoms with E-state index in [1.165, 1.54) is 6.07 Å². The third-order valence-corrected chi connectivity index (χ3v) is 5.10. The SMILES string of the molecule is Cc1cc(F)cnc1C1(O)CC2CCCC(C1)N2C(=O)OC(C)(C)C. The lowest BCUT2D eigenvalue weighted by molar-refractivity contribution is -0.0987. The first-order valence-electron chi connectivity index (χ1n) is 8.95. The van der Waals surface area contributed by atoms with Crippen molar-refractivity contribution in [3.05, 3.63) is 29.3 Å². The van der Waals surface area contributed by atoms with E-state index in [4.69, 9.17) is 4.74 Å². The molecule has 1 N–H and O–H groups in total. The maximum absolute atomic E-state index is 13.4. The highest BCUT2D eigenvalue weighted by Gasteiger charge is 2.50. The van der Waals surface area contributed by atoms with Crippen molar-refractivity contribution in [3.63, 3.8) is 0 Å². The minimum atomic E-state index is -1.13. The van der Waals surface area contributed by atoms with Crippen LogP contribution < -0.4 is 0 Å². The number of amides is 1. The summed E-state index contributed by atoms with van der Waals surface area (Å²) >= 11 is 0. The smallest absolute Gasteiger partial charge is 0.410 e. The van der Waals surface area contributed by atoms with Gasteiger partial charge in [-0.05, 0) is 58.6 Å². The molecule has 2 aliphatic rings. The Balaban J connectivity index is 1.87. The lowest BCUT2D eigenvalue weighted by Crippen LogP contribution is -2.59. The largest absolute Gasteiger partial charge is 0.444 e. The molecule has 2 saturated heterocycles. The Morgan fingerprint density at radius 1 is 1.36 bits per heavy atom. The van der Waals surface area contributed by atoms with Crippen LogP contribution in [0.3, 0.4) is 0 Å². The molecule has 1 amide bonds. The lowest BCUT2D eigenvalue weighted by Gasteiger charge is -2.51. The van der Waals surface area contributed by atoms with Gasteiger partial charge in [0.25, 0.3) is 0 Å². The molecule has 2 atom stereocenters. The lowest BCUT2D eigenvalue weighted by atomic mass is 9.73. The number of aryl methyl sites for hydroxylation is 1. The van der Waals surface area contributed by atoms with Crippen molar-refractivity contribution >= 4 is 6.09 Å². The topological polar surface area (TPSA) is 62.7 Å². The van der Waals surface area contributed by atoms with Gasteiger partial charge in [0.2, 0.25) is 0 Å². The minimum absolute atomic E-state index is 0.0846. The Labute approximate surface area is 148 Å². The molecule has 0 radical (unpaired) electrons. The Morgan fingerprint density at radius 3 is 2.48 bits per heavy atom. The van der Waals surface area contributed by atoms with E-state index in [9.17, 15) is 14.3 Å². The number of hydrogen-bond donors (Lipinski definition) is 1. The molecule has 138 valence electrons. The quantitative estimate of drug-likeness (QED) is 0.839. The van der Waals surface area contributed by atoms with E-state index >= 15 is 0 Å². The van der Waals surface area contributed by atoms with Crippen LogP contribution >= 0.6 is 0 Å². The van der Waals surface area contributed by atoms with Crippen molar-refractivity contribution in [2.75, 3.05) is 0 Å². The van der Waals surface area contributed by atoms with Crippen molar-refractivity contribution < 1.29 is 19.0 Å². The third-order valence-electron chi connectivity index (χ3n) is 5.10. The summed E-state index contributed by atoms with van der Waals surface area (Å²) in [4.78, 5) is 18.6. The van der Waals surface area contributed by atoms with E-state index < -0.39 is 17.0 Å². The van der Waals surface area contributed by atoms with Gasteiger partial charge in [-0.1, -0.05) is 0 Å². The van der Waals surface area contributed by atoms with Crippen LogP contribution in [0, 0.1) is 12.7 Å². The number of hydrogen-bond acceptors (Lipinski definition) is 4. The molecule has 2 unspecified atom stereocenters. The zero-order valence-corrected chi connectivity index (χ0v) is 15.4. The second kappa shape index (κ2) is 6.24. The van der Waals surface area contributed by atoms with E-state index in [0.717, 1.165) is 25.5 Å². The van der Waals surface area contributed by atoms with Crippen LogP contribution in [0.2, 0.25) is 0 Å². The molecule has 25 heavy (non-hydrogen) atoms. The second-order valence-corrected chi connectivity index (χ2v) is 8.39. The van der Waals surface area contributed by atoms with E-state index in [1.807, 2.05) is 25.7 Å². The molecule has 1 aromatic rings. The number of piperidine rings is 2. The van der Waals surface area contributed by atoms with Gasteiger partial charge >= 0.3 is 6.09 Å². The van der Waals surface area contributed by atoms with Crippen LogP contribution in [0.4, 0.5) is 9.18 Å². The Bertz CT molecular complexity index is 657. The van der Waals surface area contributed by atoms with Crippen LogP contribution in [-0.2, 0) is 10.3 Å². The zero-order valence-electron chi connectivity index (χ0n) is 15.4. The number of aliphatic hydroxyl groups is 1. The van der Waals surface area contributed by atoms with Crippen LogP contribution in [0.15, 0.2) is 12.3 Å². The zero-order chi connectivity index (χ0) is 18.4. The van der Waals surface area contributed by atoms with Gasteiger partial charge in [-0.25, -0.2) is 9.18 Å². The van der Waals surface area contributed by atoms with Gasteiger partial charge in [0.15, 0.2) is 0 Å². The first-order valence-corrected chi connectivity index (χ1v) is 8.95. The van der Waals surface area contributed by atoms with Crippen LogP contribution in [0.25, 0.3) is 0 Å². The number of halogens is 1. The second-order valence-electron chi connectivity index (χ2n) is 8.39. The molecule has 1 aromatic heterocycles. The van der Waals surface area contributed by atoms with Crippen LogP contribution in [-0.4, -0.2) is 38.8 Å². The summed E-state index contributed by atoms with van der Waals surface area (Å²) in [5.41, 5.74) is -0.513. The third kappa shape index (κ3) is 3.64. The van der Waals surface area contributed by atoms with Crippen LogP contribution in [0.5, 0.6) is 0 Å². The fraction of sp³-hybridized carbons (Fsp3) is 0.684. The average Bonchev–Trinajstić information content (AvgIpc) is 2.43. The number of pyridine rings is 1. The standard InChI is InChI=1S/C19H27FN2O3/c1-12-8-13(20)11-21-16(12)19(24)9-14-6-5-7-15(10-19)22(14)17(23)25-18(2,3)4/h8,11,14-15,24H,5-7,9-10H2,1-4H3. The van der Waals surface area contributed by atoms with Crippen LogP contribution in [0.1, 0.15) is 64.1 Å². The molecule has 2 aliphatic heterocycles. The highest BCUT2D eigenvalue weighted by atomic mass is 19.1. The van der Waals surface area contributed by atoms with Gasteiger partial charge in [0.05, 0.1) is 11.9 Å². The number of nitrogens with zero attached hydrogens (tertiary/aromatic N) is 2. The highest BCUT2D eigenvalue weighted by molar-refractivity contribution is 5.69. The summed E-state index contributed by atoms with van der Waals surface area (Å²) in [7, 11) is 0. The van der Waals surface area contributed by atoms with Gasteiger partial charge in [-0.3, -0.25) is 4.98 Å². The van der Waals surface area contributed by atoms with E-state index in [2.05, 4.69) is 4.98 Å². The van der Waals surface area contributed by atoms with Gasteiger partial charge < -0.3 is 14.7 Å². The summed E-state index contributed by atoms with van der Waals surface area (Å²) in [6.07, 6.45) is 4.34. The number of carbonyl (C=O) groups excluding carboxylic acids is 1. The number of carbonyl (C=O) groups is 1. The molecule has 0 aromatic carbocycles. The van der Waals surface area contributed by atoms with Crippen molar-refractivity contribution in [2.24, 2.45) is 0 Å². The molecule has 2 fully saturated rings. The summed E-state index contributed by atoms with van der Waals surface area (Å²) in [5, 5.41) is 11.3. The molecule has 2 bridgehead atoms. The fourth-order valence-corrected chi connectivity index (χ4v) is 4.26. The summed E-state index contributed by atoms with van der Waals surface area (Å²) < 4.78 is 18.9. The molecule has 3 heterocycles. The van der Waals surface area contributed by atoms with Crippen molar-refractivity contribution in [3.8, 4) is 0 Å². The number of rotatable bonds is 1. The monoisotopic (exact) mass is 350 g/mol. The van der Waals surface area contributed by atoms with Gasteiger partial charge in [0, 0.05) is 24.9 Å². The first-order chi connectivity index (χ1) is 11.6. The van der Waals surface area contributed by atoms with Gasteiger partial charge in [-0.2, -0.15) is 0 Å². The van der Waals surface area contributed by atoms with E-state index in [-0.39, 0.29) is 18.2 Å². The van der Waals surface area contributed by atoms with E-state index in [1.54, 1.807) is 6.92 Å². The highest BCUT2D eigenvalue weighted by Crippen LogP contribution is 2.45. The molecular formula is C19H27FN2O3. The Kier molecular flexibility index (Phi) is 4.52. The summed E-state index contributed by atoms with van der Waals surface area (Å²) in [5.74, 6) is -0.406. The molecule has 6 heteroatoms. The fourth-order valence-electron chi connectivity index (χ4n) is 4.26. The summed E-state index contributed by atoms with van der Waals surface area (Å²) in [6.45, 7) is 7.33. The Hall–Kier alpha value is -1.69. The first kappa shape index (κ1) is 18.1. The molecule has 3 rings (SSSR count). The number of aromatic nitrogens is 1. The van der Waals surface area contributed by atoms with E-state index in [0.29, 0.717) is 24.1 Å². The molecule has 0 spiro atoms. The van der Waals surface area contributed by atoms with Crippen molar-refractivity contribution in [1.29, 1.82) is 0 Å². The predicted octanol–water partition coefficient (Wildman–Crippen LogP) is 3.67. The minimum Gasteiger partial charge on any atom is -0.444 e. The van der Waals surface area contributed by atoms with Gasteiger partial charge in [0.1, 0.15) is 17.0 Å². The molecule has 0 saturated carbocycles. The molecule has 5 nitrogen and oxygen atoms in total. The molecule has 0 aliphatic carbocycles. The van der Waals surface area contributed by atoms with Gasteiger partial charge in [-0.15, -0.1) is 0 Å². The molecular weight excluding hydrogens is 323 g/mol. The number of ether oxygens (including phenoxy) is 1. The maximum atomic E-state index is 13.4.